The van der Waals surface area contributed by atoms with E-state index in [1.807, 2.05) is 59.8 Å². The molecule has 1 aliphatic rings. The van der Waals surface area contributed by atoms with Crippen molar-refractivity contribution >= 4 is 39.5 Å². The van der Waals surface area contributed by atoms with Crippen LogP contribution in [0.1, 0.15) is 12.0 Å². The van der Waals surface area contributed by atoms with Crippen LogP contribution in [0.25, 0.3) is 22.1 Å². The predicted molar refractivity (Wildman–Crippen MR) is 133 cm³/mol. The third-order valence-corrected chi connectivity index (χ3v) is 5.97. The molecule has 0 bridgehead atoms. The Hall–Kier alpha value is -4.31. The molecule has 0 radical (unpaired) electrons. The number of imidazole rings is 1. The number of hydrogen-bond donors (Lipinski definition) is 1. The Balaban J connectivity index is 1.25. The predicted octanol–water partition coefficient (Wildman–Crippen LogP) is 4.34. The van der Waals surface area contributed by atoms with Gasteiger partial charge in [-0.25, -0.2) is 24.9 Å². The van der Waals surface area contributed by atoms with Crippen molar-refractivity contribution < 1.29 is 9.47 Å². The molecule has 5 aromatic rings. The van der Waals surface area contributed by atoms with Crippen LogP contribution in [-0.2, 0) is 11.8 Å². The van der Waals surface area contributed by atoms with Crippen molar-refractivity contribution in [3.05, 3.63) is 60.8 Å². The van der Waals surface area contributed by atoms with Crippen molar-refractivity contribution in [1.29, 1.82) is 0 Å². The minimum Gasteiger partial charge on any atom is -0.457 e. The highest BCUT2D eigenvalue weighted by Gasteiger charge is 2.16. The van der Waals surface area contributed by atoms with Gasteiger partial charge in [0.2, 0.25) is 5.95 Å². The molecule has 2 aromatic carbocycles. The molecule has 1 N–H and O–H groups in total. The lowest BCUT2D eigenvalue weighted by Gasteiger charge is -2.26. The normalized spacial score (nSPS) is 13.9. The van der Waals surface area contributed by atoms with E-state index in [4.69, 9.17) is 14.5 Å². The number of nitrogens with one attached hydrogen (secondary N) is 1. The highest BCUT2D eigenvalue weighted by Crippen LogP contribution is 2.31. The highest BCUT2D eigenvalue weighted by atomic mass is 16.5. The maximum atomic E-state index is 6.14. The van der Waals surface area contributed by atoms with Gasteiger partial charge in [-0.2, -0.15) is 0 Å². The smallest absolute Gasteiger partial charge is 0.227 e. The van der Waals surface area contributed by atoms with Gasteiger partial charge in [-0.05, 0) is 49.2 Å². The fourth-order valence-electron chi connectivity index (χ4n) is 4.13. The number of aryl methyl sites for hydroxylation is 2. The fraction of sp³-hybridized carbons (Fsp3) is 0.240. The summed E-state index contributed by atoms with van der Waals surface area (Å²) < 4.78 is 13.7. The van der Waals surface area contributed by atoms with Crippen LogP contribution in [-0.4, -0.2) is 49.4 Å². The Bertz CT molecular complexity index is 1530. The van der Waals surface area contributed by atoms with Gasteiger partial charge >= 0.3 is 0 Å². The topological polar surface area (TPSA) is 103 Å². The summed E-state index contributed by atoms with van der Waals surface area (Å²) in [7, 11) is 1.97. The quantitative estimate of drug-likeness (QED) is 0.403. The second-order valence-electron chi connectivity index (χ2n) is 8.49. The van der Waals surface area contributed by atoms with Gasteiger partial charge in [0, 0.05) is 25.3 Å². The first-order valence-electron chi connectivity index (χ1n) is 11.4. The van der Waals surface area contributed by atoms with E-state index in [1.54, 1.807) is 12.5 Å². The van der Waals surface area contributed by atoms with E-state index in [0.29, 0.717) is 29.5 Å². The first-order valence-corrected chi connectivity index (χ1v) is 11.4. The van der Waals surface area contributed by atoms with Crippen molar-refractivity contribution in [2.75, 3.05) is 30.1 Å². The van der Waals surface area contributed by atoms with Crippen LogP contribution in [0.3, 0.4) is 0 Å². The summed E-state index contributed by atoms with van der Waals surface area (Å²) in [5.74, 6) is 2.74. The molecule has 0 saturated carbocycles. The first kappa shape index (κ1) is 21.2. The molecule has 0 spiro atoms. The van der Waals surface area contributed by atoms with Crippen LogP contribution < -0.4 is 15.0 Å². The van der Waals surface area contributed by atoms with E-state index in [-0.39, 0.29) is 0 Å². The minimum atomic E-state index is 0.482. The number of fused-ring (bicyclic) bond motifs is 2. The summed E-state index contributed by atoms with van der Waals surface area (Å²) in [6.07, 6.45) is 5.97. The molecule has 0 aliphatic carbocycles. The van der Waals surface area contributed by atoms with Crippen molar-refractivity contribution in [1.82, 2.24) is 29.5 Å². The Kier molecular flexibility index (Phi) is 5.34. The lowest BCUT2D eigenvalue weighted by atomic mass is 10.2. The Morgan fingerprint density at radius 1 is 1.03 bits per heavy atom. The van der Waals surface area contributed by atoms with Crippen LogP contribution in [0.15, 0.2) is 55.2 Å². The number of anilines is 3. The zero-order valence-electron chi connectivity index (χ0n) is 19.5. The molecule has 0 amide bonds. The maximum absolute atomic E-state index is 6.14. The molecule has 4 heterocycles. The molecule has 3 aromatic heterocycles. The third-order valence-electron chi connectivity index (χ3n) is 5.97. The lowest BCUT2D eigenvalue weighted by molar-refractivity contribution is 0.106. The minimum absolute atomic E-state index is 0.482. The maximum Gasteiger partial charge on any atom is 0.227 e. The van der Waals surface area contributed by atoms with E-state index in [9.17, 15) is 0 Å². The van der Waals surface area contributed by atoms with Crippen LogP contribution >= 0.6 is 0 Å². The second kappa shape index (κ2) is 8.80. The lowest BCUT2D eigenvalue weighted by Crippen LogP contribution is -2.34. The van der Waals surface area contributed by atoms with Gasteiger partial charge in [-0.1, -0.05) is 0 Å². The molecule has 10 heteroatoms. The van der Waals surface area contributed by atoms with Gasteiger partial charge in [0.1, 0.15) is 35.6 Å². The largest absolute Gasteiger partial charge is 0.457 e. The monoisotopic (exact) mass is 468 g/mol. The molecule has 0 atom stereocenters. The third kappa shape index (κ3) is 4.19. The van der Waals surface area contributed by atoms with E-state index in [2.05, 4.69) is 25.3 Å². The van der Waals surface area contributed by atoms with Crippen molar-refractivity contribution in [2.45, 2.75) is 13.3 Å². The first-order chi connectivity index (χ1) is 17.1. The number of benzene rings is 2. The van der Waals surface area contributed by atoms with Crippen LogP contribution in [0, 0.1) is 6.92 Å². The molecular weight excluding hydrogens is 444 g/mol. The number of ether oxygens (including phenoxy) is 2. The molecular formula is C25H24N8O2. The number of hydrogen-bond acceptors (Lipinski definition) is 9. The number of rotatable bonds is 5. The molecule has 0 unspecified atom stereocenters. The molecule has 1 saturated heterocycles. The summed E-state index contributed by atoms with van der Waals surface area (Å²) in [6, 6.07) is 11.8. The molecule has 1 aliphatic heterocycles. The van der Waals surface area contributed by atoms with Crippen LogP contribution in [0.5, 0.6) is 11.5 Å². The zero-order valence-corrected chi connectivity index (χ0v) is 19.5. The zero-order chi connectivity index (χ0) is 23.8. The number of nitrogens with zero attached hydrogens (tertiary/aromatic N) is 7. The second-order valence-corrected chi connectivity index (χ2v) is 8.49. The van der Waals surface area contributed by atoms with Gasteiger partial charge in [0.05, 0.1) is 30.2 Å². The van der Waals surface area contributed by atoms with Gasteiger partial charge in [0.15, 0.2) is 5.82 Å². The summed E-state index contributed by atoms with van der Waals surface area (Å²) in [4.78, 5) is 24.4. The SMILES string of the molecule is Cc1cc(Nc2ncnc3cnc(N4CCCOC4)nc23)ccc1Oc1ccc2c(c1)ncn2C. The highest BCUT2D eigenvalue weighted by molar-refractivity contribution is 5.87. The molecule has 1 fully saturated rings. The van der Waals surface area contributed by atoms with Crippen molar-refractivity contribution in [2.24, 2.45) is 7.05 Å². The molecule has 35 heavy (non-hydrogen) atoms. The Morgan fingerprint density at radius 2 is 1.97 bits per heavy atom. The summed E-state index contributed by atoms with van der Waals surface area (Å²) >= 11 is 0. The van der Waals surface area contributed by atoms with Crippen molar-refractivity contribution in [3.8, 4) is 11.5 Å². The summed E-state index contributed by atoms with van der Waals surface area (Å²) in [6.45, 7) is 4.11. The van der Waals surface area contributed by atoms with Gasteiger partial charge < -0.3 is 24.3 Å². The van der Waals surface area contributed by atoms with Crippen LogP contribution in [0.2, 0.25) is 0 Å². The van der Waals surface area contributed by atoms with E-state index in [1.165, 1.54) is 6.33 Å². The van der Waals surface area contributed by atoms with Gasteiger partial charge in [0.25, 0.3) is 0 Å². The fourth-order valence-corrected chi connectivity index (χ4v) is 4.13. The van der Waals surface area contributed by atoms with E-state index in [0.717, 1.165) is 53.4 Å². The van der Waals surface area contributed by atoms with E-state index < -0.39 is 0 Å². The molecule has 176 valence electrons. The summed E-state index contributed by atoms with van der Waals surface area (Å²) in [5.41, 5.74) is 5.14. The number of aromatic nitrogens is 6. The standard InChI is InChI=1S/C25H24N8O2/c1-16-10-17(4-7-22(16)35-18-5-6-21-19(11-18)29-14-32(21)2)30-24-23-20(27-13-28-24)12-26-25(31-23)33-8-3-9-34-15-33/h4-7,10-14H,3,8-9,15H2,1-2H3,(H,27,28,30). The Morgan fingerprint density at radius 3 is 2.83 bits per heavy atom. The van der Waals surface area contributed by atoms with Gasteiger partial charge in [-0.15, -0.1) is 0 Å². The summed E-state index contributed by atoms with van der Waals surface area (Å²) in [5, 5.41) is 3.38. The Labute approximate surface area is 201 Å². The van der Waals surface area contributed by atoms with Crippen molar-refractivity contribution in [3.63, 3.8) is 0 Å². The van der Waals surface area contributed by atoms with Crippen LogP contribution in [0.4, 0.5) is 17.5 Å². The molecule has 6 rings (SSSR count). The average molecular weight is 469 g/mol. The average Bonchev–Trinajstić information content (AvgIpc) is 3.26. The molecule has 10 nitrogen and oxygen atoms in total. The van der Waals surface area contributed by atoms with Gasteiger partial charge in [-0.3, -0.25) is 0 Å². The van der Waals surface area contributed by atoms with E-state index >= 15 is 0 Å².